The fourth-order valence-corrected chi connectivity index (χ4v) is 8.93. The molecule has 1 aromatic rings. The normalized spacial score (nSPS) is 35.4. The molecule has 2 amide bonds. The van der Waals surface area contributed by atoms with Crippen LogP contribution in [0.15, 0.2) is 42.5 Å². The third-order valence-corrected chi connectivity index (χ3v) is 10.2. The summed E-state index contributed by atoms with van der Waals surface area (Å²) in [5.74, 6) is -2.53. The molecule has 37 heavy (non-hydrogen) atoms. The number of cyclic esters (lactones) is 1. The number of amides is 2. The van der Waals surface area contributed by atoms with Gasteiger partial charge in [0.2, 0.25) is 5.91 Å². The van der Waals surface area contributed by atoms with E-state index in [9.17, 15) is 19.5 Å². The highest BCUT2D eigenvalue weighted by molar-refractivity contribution is 8.02. The number of hydrogen-bond donors (Lipinski definition) is 1. The van der Waals surface area contributed by atoms with E-state index in [2.05, 4.69) is 6.08 Å². The number of anilines is 1. The van der Waals surface area contributed by atoms with Gasteiger partial charge in [0.25, 0.3) is 5.91 Å². The Morgan fingerprint density at radius 1 is 1.16 bits per heavy atom. The van der Waals surface area contributed by atoms with Gasteiger partial charge in [-0.3, -0.25) is 14.4 Å². The van der Waals surface area contributed by atoms with Crippen molar-refractivity contribution in [2.75, 3.05) is 24.7 Å². The Bertz CT molecular complexity index is 1170. The summed E-state index contributed by atoms with van der Waals surface area (Å²) in [6, 6.07) is 3.96. The highest BCUT2D eigenvalue weighted by Gasteiger charge is 2.74. The van der Waals surface area contributed by atoms with E-state index in [1.54, 1.807) is 17.9 Å². The van der Waals surface area contributed by atoms with Crippen LogP contribution < -0.4 is 4.90 Å². The molecule has 0 bridgehead atoms. The summed E-state index contributed by atoms with van der Waals surface area (Å²) in [4.78, 5) is 45.4. The van der Waals surface area contributed by atoms with Gasteiger partial charge in [-0.25, -0.2) is 0 Å². The molecule has 198 valence electrons. The van der Waals surface area contributed by atoms with E-state index in [-0.39, 0.29) is 25.0 Å². The van der Waals surface area contributed by atoms with Crippen LogP contribution >= 0.6 is 23.4 Å². The number of ether oxygens (including phenoxy) is 1. The van der Waals surface area contributed by atoms with E-state index in [1.807, 2.05) is 44.2 Å². The van der Waals surface area contributed by atoms with Crippen LogP contribution in [0.4, 0.5) is 5.69 Å². The predicted molar refractivity (Wildman–Crippen MR) is 145 cm³/mol. The number of halogens is 1. The number of fused-ring (bicyclic) bond motifs is 2. The number of aryl methyl sites for hydroxylation is 1. The van der Waals surface area contributed by atoms with Gasteiger partial charge in [0.1, 0.15) is 6.04 Å². The standard InChI is InChI=1S/C28H33ClN2O5S/c1-17-10-8-11-19(29)22(17)30-14-9-13-28-20(24(33)31(18(2)16-32)23(28)25(30)34)21-26(35)36-15-7-5-4-6-12-27(21,3)37-28/h6,8-13,18,20-21,23,32H,4-5,7,14-16H2,1-3H3/b12-6-/t18-,20+,21-,23?,27+,28+/m1/s1. The summed E-state index contributed by atoms with van der Waals surface area (Å²) in [6.07, 6.45) is 10.5. The first-order valence-electron chi connectivity index (χ1n) is 12.9. The van der Waals surface area contributed by atoms with E-state index in [4.69, 9.17) is 16.3 Å². The zero-order valence-electron chi connectivity index (χ0n) is 21.4. The molecule has 4 heterocycles. The second-order valence-electron chi connectivity index (χ2n) is 10.6. The number of hydrogen-bond acceptors (Lipinski definition) is 6. The minimum atomic E-state index is -1.00. The van der Waals surface area contributed by atoms with Gasteiger partial charge in [0, 0.05) is 11.3 Å². The summed E-state index contributed by atoms with van der Waals surface area (Å²) in [7, 11) is 0. The number of nitrogens with zero attached hydrogens (tertiary/aromatic N) is 2. The molecule has 1 spiro atoms. The Hall–Kier alpha value is -2.29. The number of carbonyl (C=O) groups is 3. The van der Waals surface area contributed by atoms with Gasteiger partial charge in [-0.15, -0.1) is 11.8 Å². The SMILES string of the molecule is Cc1cccc(Cl)c1N1CC=C[C@]23S[C@@]4(C)/C=C\CCCCOC(=O)[C@H]4[C@H]2C(=O)N([C@H](C)CO)C3C1=O. The van der Waals surface area contributed by atoms with Crippen molar-refractivity contribution in [2.24, 2.45) is 11.8 Å². The van der Waals surface area contributed by atoms with Crippen molar-refractivity contribution in [1.29, 1.82) is 0 Å². The number of para-hydroxylation sites is 1. The van der Waals surface area contributed by atoms with E-state index >= 15 is 0 Å². The Balaban J connectivity index is 1.68. The zero-order valence-corrected chi connectivity index (χ0v) is 22.9. The van der Waals surface area contributed by atoms with E-state index < -0.39 is 39.4 Å². The van der Waals surface area contributed by atoms with Crippen LogP contribution in [-0.4, -0.2) is 69.1 Å². The molecule has 2 saturated heterocycles. The van der Waals surface area contributed by atoms with Crippen LogP contribution in [0.2, 0.25) is 5.02 Å². The fourth-order valence-electron chi connectivity index (χ4n) is 6.46. The van der Waals surface area contributed by atoms with Gasteiger partial charge in [0.15, 0.2) is 0 Å². The minimum absolute atomic E-state index is 0.269. The summed E-state index contributed by atoms with van der Waals surface area (Å²) >= 11 is 8.08. The third-order valence-electron chi connectivity index (χ3n) is 8.14. The molecule has 6 atom stereocenters. The number of benzene rings is 1. The summed E-state index contributed by atoms with van der Waals surface area (Å²) < 4.78 is 3.95. The largest absolute Gasteiger partial charge is 0.465 e. The molecule has 0 radical (unpaired) electrons. The smallest absolute Gasteiger partial charge is 0.311 e. The van der Waals surface area contributed by atoms with E-state index in [0.717, 1.165) is 24.8 Å². The molecule has 5 rings (SSSR count). The van der Waals surface area contributed by atoms with Crippen molar-refractivity contribution in [3.8, 4) is 0 Å². The summed E-state index contributed by atoms with van der Waals surface area (Å²) in [6.45, 7) is 5.89. The number of carbonyl (C=O) groups excluding carboxylic acids is 3. The lowest BCUT2D eigenvalue weighted by atomic mass is 9.74. The molecule has 4 aliphatic rings. The molecule has 0 saturated carbocycles. The lowest BCUT2D eigenvalue weighted by Gasteiger charge is -2.39. The van der Waals surface area contributed by atoms with E-state index in [1.165, 1.54) is 16.7 Å². The Labute approximate surface area is 226 Å². The van der Waals surface area contributed by atoms with Crippen molar-refractivity contribution in [2.45, 2.75) is 61.6 Å². The van der Waals surface area contributed by atoms with Gasteiger partial charge < -0.3 is 19.6 Å². The van der Waals surface area contributed by atoms with Crippen LogP contribution in [0, 0.1) is 18.8 Å². The maximum Gasteiger partial charge on any atom is 0.311 e. The fraction of sp³-hybridized carbons (Fsp3) is 0.536. The molecule has 1 aromatic carbocycles. The minimum Gasteiger partial charge on any atom is -0.465 e. The lowest BCUT2D eigenvalue weighted by Crippen LogP contribution is -2.56. The van der Waals surface area contributed by atoms with Crippen LogP contribution in [0.3, 0.4) is 0 Å². The third kappa shape index (κ3) is 4.03. The number of aliphatic hydroxyl groups excluding tert-OH is 1. The van der Waals surface area contributed by atoms with E-state index in [0.29, 0.717) is 17.3 Å². The number of rotatable bonds is 3. The topological polar surface area (TPSA) is 87.2 Å². The van der Waals surface area contributed by atoms with Gasteiger partial charge in [-0.2, -0.15) is 0 Å². The zero-order chi connectivity index (χ0) is 26.5. The number of esters is 1. The van der Waals surface area contributed by atoms with Crippen molar-refractivity contribution in [3.63, 3.8) is 0 Å². The maximum atomic E-state index is 14.5. The Morgan fingerprint density at radius 2 is 1.95 bits per heavy atom. The van der Waals surface area contributed by atoms with Gasteiger partial charge in [0.05, 0.1) is 46.5 Å². The van der Waals surface area contributed by atoms with Crippen molar-refractivity contribution < 1.29 is 24.2 Å². The van der Waals surface area contributed by atoms with Crippen LogP contribution in [0.25, 0.3) is 0 Å². The van der Waals surface area contributed by atoms with Gasteiger partial charge in [-0.1, -0.05) is 48.0 Å². The number of allylic oxidation sites excluding steroid dienone is 1. The van der Waals surface area contributed by atoms with Crippen molar-refractivity contribution in [1.82, 2.24) is 4.90 Å². The first-order valence-corrected chi connectivity index (χ1v) is 14.1. The Kier molecular flexibility index (Phi) is 6.96. The molecule has 9 heteroatoms. The molecular weight excluding hydrogens is 512 g/mol. The first kappa shape index (κ1) is 26.3. The van der Waals surface area contributed by atoms with Crippen molar-refractivity contribution >= 4 is 46.8 Å². The molecule has 0 aromatic heterocycles. The average molecular weight is 545 g/mol. The monoisotopic (exact) mass is 544 g/mol. The molecule has 7 nitrogen and oxygen atoms in total. The Morgan fingerprint density at radius 3 is 2.68 bits per heavy atom. The molecule has 1 unspecified atom stereocenters. The van der Waals surface area contributed by atoms with Crippen molar-refractivity contribution in [3.05, 3.63) is 53.1 Å². The average Bonchev–Trinajstić information content (AvgIpc) is 3.20. The summed E-state index contributed by atoms with van der Waals surface area (Å²) in [5.41, 5.74) is 1.45. The number of thioether (sulfide) groups is 1. The second-order valence-corrected chi connectivity index (χ2v) is 12.8. The predicted octanol–water partition coefficient (Wildman–Crippen LogP) is 3.90. The highest BCUT2D eigenvalue weighted by Crippen LogP contribution is 2.65. The van der Waals surface area contributed by atoms with Gasteiger partial charge >= 0.3 is 5.97 Å². The van der Waals surface area contributed by atoms with Gasteiger partial charge in [-0.05, 0) is 51.7 Å². The molecule has 4 aliphatic heterocycles. The highest BCUT2D eigenvalue weighted by atomic mass is 35.5. The van der Waals surface area contributed by atoms with Crippen LogP contribution in [-0.2, 0) is 19.1 Å². The second kappa shape index (κ2) is 9.79. The van der Waals surface area contributed by atoms with Crippen LogP contribution in [0.1, 0.15) is 38.7 Å². The summed E-state index contributed by atoms with van der Waals surface area (Å²) in [5, 5.41) is 10.6. The molecule has 1 N–H and O–H groups in total. The first-order chi connectivity index (χ1) is 17.7. The number of aliphatic hydroxyl groups is 1. The van der Waals surface area contributed by atoms with Crippen LogP contribution in [0.5, 0.6) is 0 Å². The molecular formula is C28H33ClN2O5S. The maximum absolute atomic E-state index is 14.5. The lowest BCUT2D eigenvalue weighted by molar-refractivity contribution is -0.154. The quantitative estimate of drug-likeness (QED) is 0.459. The molecule has 0 aliphatic carbocycles. The number of likely N-dealkylation sites (tertiary alicyclic amines) is 1. The molecule has 2 fully saturated rings.